The van der Waals surface area contributed by atoms with Crippen LogP contribution in [0.25, 0.3) is 0 Å². The summed E-state index contributed by atoms with van der Waals surface area (Å²) in [5, 5.41) is 17.1. The van der Waals surface area contributed by atoms with E-state index in [2.05, 4.69) is 15.9 Å². The third kappa shape index (κ3) is 2.91. The van der Waals surface area contributed by atoms with Crippen molar-refractivity contribution in [2.45, 2.75) is 25.1 Å². The Kier molecular flexibility index (Phi) is 3.55. The quantitative estimate of drug-likeness (QED) is 0.664. The smallest absolute Gasteiger partial charge is 0.137 e. The van der Waals surface area contributed by atoms with Gasteiger partial charge in [-0.3, -0.25) is 0 Å². The highest BCUT2D eigenvalue weighted by molar-refractivity contribution is 9.10. The SMILES string of the molecule is CC(C(C#N)C#N)C(C)(C)Br. The van der Waals surface area contributed by atoms with E-state index < -0.39 is 5.92 Å². The largest absolute Gasteiger partial charge is 0.197 e. The van der Waals surface area contributed by atoms with Crippen LogP contribution in [0.5, 0.6) is 0 Å². The molecule has 2 nitrogen and oxygen atoms in total. The van der Waals surface area contributed by atoms with Crippen molar-refractivity contribution >= 4 is 15.9 Å². The minimum atomic E-state index is -0.524. The third-order valence-electron chi connectivity index (χ3n) is 1.86. The minimum absolute atomic E-state index is 0.0394. The zero-order valence-electron chi connectivity index (χ0n) is 6.93. The molecule has 1 atom stereocenters. The Morgan fingerprint density at radius 1 is 1.27 bits per heavy atom. The summed E-state index contributed by atoms with van der Waals surface area (Å²) in [5.74, 6) is -0.484. The Morgan fingerprint density at radius 3 is 1.73 bits per heavy atom. The molecule has 0 N–H and O–H groups in total. The number of hydrogen-bond donors (Lipinski definition) is 0. The number of rotatable bonds is 2. The van der Waals surface area contributed by atoms with Crippen LogP contribution >= 0.6 is 15.9 Å². The standard InChI is InChI=1S/C8H11BrN2/c1-6(8(2,3)9)7(4-10)5-11/h6-7H,1-3H3. The molecule has 0 radical (unpaired) electrons. The van der Waals surface area contributed by atoms with Crippen LogP contribution in [0.2, 0.25) is 0 Å². The van der Waals surface area contributed by atoms with Crippen LogP contribution in [0, 0.1) is 34.5 Å². The van der Waals surface area contributed by atoms with Crippen LogP contribution in [0.4, 0.5) is 0 Å². The van der Waals surface area contributed by atoms with Crippen molar-refractivity contribution in [3.05, 3.63) is 0 Å². The molecule has 0 aromatic carbocycles. The van der Waals surface area contributed by atoms with Gasteiger partial charge in [-0.2, -0.15) is 10.5 Å². The van der Waals surface area contributed by atoms with Gasteiger partial charge in [-0.05, 0) is 19.8 Å². The minimum Gasteiger partial charge on any atom is -0.197 e. The summed E-state index contributed by atoms with van der Waals surface area (Å²) in [6.07, 6.45) is 0. The van der Waals surface area contributed by atoms with Crippen molar-refractivity contribution in [1.82, 2.24) is 0 Å². The number of halogens is 1. The topological polar surface area (TPSA) is 47.6 Å². The second kappa shape index (κ2) is 3.74. The summed E-state index contributed by atoms with van der Waals surface area (Å²) in [7, 11) is 0. The number of nitriles is 2. The van der Waals surface area contributed by atoms with E-state index in [9.17, 15) is 0 Å². The van der Waals surface area contributed by atoms with Gasteiger partial charge in [-0.25, -0.2) is 0 Å². The molecule has 0 saturated heterocycles. The van der Waals surface area contributed by atoms with Gasteiger partial charge in [0.05, 0.1) is 12.1 Å². The van der Waals surface area contributed by atoms with E-state index in [-0.39, 0.29) is 10.2 Å². The van der Waals surface area contributed by atoms with Crippen molar-refractivity contribution < 1.29 is 0 Å². The molecule has 0 bridgehead atoms. The van der Waals surface area contributed by atoms with E-state index in [0.29, 0.717) is 0 Å². The lowest BCUT2D eigenvalue weighted by atomic mass is 9.87. The Hall–Kier alpha value is -0.540. The van der Waals surface area contributed by atoms with Gasteiger partial charge >= 0.3 is 0 Å². The fourth-order valence-corrected chi connectivity index (χ4v) is 0.913. The number of hydrogen-bond acceptors (Lipinski definition) is 2. The van der Waals surface area contributed by atoms with E-state index in [1.165, 1.54) is 0 Å². The molecule has 0 aliphatic rings. The summed E-state index contributed by atoms with van der Waals surface area (Å²) in [5.41, 5.74) is 0. The highest BCUT2D eigenvalue weighted by Gasteiger charge is 2.29. The molecule has 0 rings (SSSR count). The molecule has 0 aliphatic carbocycles. The maximum absolute atomic E-state index is 8.57. The normalized spacial score (nSPS) is 13.7. The summed E-state index contributed by atoms with van der Waals surface area (Å²) in [6.45, 7) is 5.81. The molecule has 0 aromatic rings. The first-order chi connectivity index (χ1) is 4.93. The molecule has 0 amide bonds. The van der Waals surface area contributed by atoms with Gasteiger partial charge in [-0.1, -0.05) is 22.9 Å². The molecule has 0 heterocycles. The maximum Gasteiger partial charge on any atom is 0.137 e. The highest BCUT2D eigenvalue weighted by Crippen LogP contribution is 2.31. The lowest BCUT2D eigenvalue weighted by molar-refractivity contribution is 0.422. The lowest BCUT2D eigenvalue weighted by Gasteiger charge is -2.25. The van der Waals surface area contributed by atoms with Crippen molar-refractivity contribution in [1.29, 1.82) is 10.5 Å². The van der Waals surface area contributed by atoms with Gasteiger partial charge < -0.3 is 0 Å². The maximum atomic E-state index is 8.57. The van der Waals surface area contributed by atoms with E-state index in [1.54, 1.807) is 0 Å². The van der Waals surface area contributed by atoms with Gasteiger partial charge in [0, 0.05) is 4.32 Å². The fraction of sp³-hybridized carbons (Fsp3) is 0.750. The van der Waals surface area contributed by atoms with Crippen LogP contribution in [-0.4, -0.2) is 4.32 Å². The van der Waals surface area contributed by atoms with E-state index in [0.717, 1.165) is 0 Å². The second-order valence-electron chi connectivity index (χ2n) is 3.09. The highest BCUT2D eigenvalue weighted by atomic mass is 79.9. The van der Waals surface area contributed by atoms with Crippen molar-refractivity contribution in [2.75, 3.05) is 0 Å². The summed E-state index contributed by atoms with van der Waals surface area (Å²) in [4.78, 5) is 0. The predicted octanol–water partition coefficient (Wildman–Crippen LogP) is 2.46. The van der Waals surface area contributed by atoms with Crippen LogP contribution in [0.15, 0.2) is 0 Å². The molecule has 0 saturated carbocycles. The first-order valence-electron chi connectivity index (χ1n) is 3.41. The zero-order chi connectivity index (χ0) is 9.07. The summed E-state index contributed by atoms with van der Waals surface area (Å²) in [6, 6.07) is 3.93. The molecular weight excluding hydrogens is 204 g/mol. The third-order valence-corrected chi connectivity index (χ3v) is 2.58. The van der Waals surface area contributed by atoms with E-state index >= 15 is 0 Å². The molecular formula is C8H11BrN2. The van der Waals surface area contributed by atoms with E-state index in [4.69, 9.17) is 10.5 Å². The van der Waals surface area contributed by atoms with Crippen molar-refractivity contribution in [3.8, 4) is 12.1 Å². The molecule has 11 heavy (non-hydrogen) atoms. The van der Waals surface area contributed by atoms with Crippen molar-refractivity contribution in [2.24, 2.45) is 11.8 Å². The molecule has 1 unspecified atom stereocenters. The van der Waals surface area contributed by atoms with Gasteiger partial charge in [0.15, 0.2) is 0 Å². The van der Waals surface area contributed by atoms with Crippen LogP contribution in [0.1, 0.15) is 20.8 Å². The van der Waals surface area contributed by atoms with Crippen LogP contribution in [-0.2, 0) is 0 Å². The first kappa shape index (κ1) is 10.5. The second-order valence-corrected chi connectivity index (χ2v) is 5.13. The van der Waals surface area contributed by atoms with Crippen LogP contribution in [0.3, 0.4) is 0 Å². The molecule has 0 aromatic heterocycles. The summed E-state index contributed by atoms with van der Waals surface area (Å²) < 4.78 is -0.150. The van der Waals surface area contributed by atoms with Gasteiger partial charge in [0.2, 0.25) is 0 Å². The number of nitrogens with zero attached hydrogens (tertiary/aromatic N) is 2. The Labute approximate surface area is 75.9 Å². The fourth-order valence-electron chi connectivity index (χ4n) is 0.649. The lowest BCUT2D eigenvalue weighted by Crippen LogP contribution is -2.27. The summed E-state index contributed by atoms with van der Waals surface area (Å²) >= 11 is 3.42. The number of alkyl halides is 1. The zero-order valence-corrected chi connectivity index (χ0v) is 8.51. The Morgan fingerprint density at radius 2 is 1.64 bits per heavy atom. The van der Waals surface area contributed by atoms with Crippen molar-refractivity contribution in [3.63, 3.8) is 0 Å². The predicted molar refractivity (Wildman–Crippen MR) is 46.9 cm³/mol. The molecule has 0 aliphatic heterocycles. The van der Waals surface area contributed by atoms with Gasteiger partial charge in [0.1, 0.15) is 5.92 Å². The van der Waals surface area contributed by atoms with Crippen LogP contribution < -0.4 is 0 Å². The first-order valence-corrected chi connectivity index (χ1v) is 4.21. The Bertz CT molecular complexity index is 190. The van der Waals surface area contributed by atoms with E-state index in [1.807, 2.05) is 32.9 Å². The molecule has 60 valence electrons. The monoisotopic (exact) mass is 214 g/mol. The average Bonchev–Trinajstić information content (AvgIpc) is 1.88. The average molecular weight is 215 g/mol. The molecule has 0 spiro atoms. The van der Waals surface area contributed by atoms with Gasteiger partial charge in [0.25, 0.3) is 0 Å². The van der Waals surface area contributed by atoms with Gasteiger partial charge in [-0.15, -0.1) is 0 Å². The molecule has 3 heteroatoms. The Balaban J connectivity index is 4.40. The molecule has 0 fully saturated rings.